The average molecular weight is 194 g/mol. The number of carbonyl (C=O) groups is 1. The second-order valence-electron chi connectivity index (χ2n) is 2.51. The lowest BCUT2D eigenvalue weighted by Crippen LogP contribution is -2.09. The summed E-state index contributed by atoms with van der Waals surface area (Å²) in [6.45, 7) is 6.57. The zero-order valence-corrected chi connectivity index (χ0v) is 8.04. The Morgan fingerprint density at radius 3 is 1.83 bits per heavy atom. The third-order valence-corrected chi connectivity index (χ3v) is 1.73. The summed E-state index contributed by atoms with van der Waals surface area (Å²) in [6.07, 6.45) is 1.83. The number of aldehydes is 1. The summed E-state index contributed by atoms with van der Waals surface area (Å²) in [4.78, 5) is 9.06. The van der Waals surface area contributed by atoms with Crippen molar-refractivity contribution >= 4 is 16.4 Å². The summed E-state index contributed by atoms with van der Waals surface area (Å²) in [5, 5.41) is 0. The highest BCUT2D eigenvalue weighted by molar-refractivity contribution is 7.85. The predicted molar refractivity (Wildman–Crippen MR) is 47.5 cm³/mol. The van der Waals surface area contributed by atoms with Crippen LogP contribution in [-0.4, -0.2) is 25.0 Å². The number of allylic oxidation sites excluding steroid dienone is 1. The van der Waals surface area contributed by atoms with Crippen LogP contribution in [0, 0.1) is 5.92 Å². The fourth-order valence-electron chi connectivity index (χ4n) is 0.421. The SMILES string of the molecule is C=CC=O.CC(C)CS(=O)(=O)O. The van der Waals surface area contributed by atoms with E-state index in [-0.39, 0.29) is 11.7 Å². The van der Waals surface area contributed by atoms with Crippen LogP contribution in [0.5, 0.6) is 0 Å². The van der Waals surface area contributed by atoms with E-state index in [1.807, 2.05) is 0 Å². The van der Waals surface area contributed by atoms with Gasteiger partial charge >= 0.3 is 0 Å². The van der Waals surface area contributed by atoms with Gasteiger partial charge in [-0.2, -0.15) is 8.42 Å². The number of hydrogen-bond acceptors (Lipinski definition) is 3. The molecule has 0 aliphatic carbocycles. The van der Waals surface area contributed by atoms with E-state index in [4.69, 9.17) is 9.35 Å². The van der Waals surface area contributed by atoms with Gasteiger partial charge in [0.1, 0.15) is 6.29 Å². The smallest absolute Gasteiger partial charge is 0.265 e. The Morgan fingerprint density at radius 2 is 1.83 bits per heavy atom. The van der Waals surface area contributed by atoms with Crippen molar-refractivity contribution in [3.8, 4) is 0 Å². The first-order valence-corrected chi connectivity index (χ1v) is 4.95. The molecule has 0 amide bonds. The van der Waals surface area contributed by atoms with Crippen molar-refractivity contribution in [2.75, 3.05) is 5.75 Å². The van der Waals surface area contributed by atoms with E-state index in [0.717, 1.165) is 0 Å². The average Bonchev–Trinajstić information content (AvgIpc) is 1.83. The summed E-state index contributed by atoms with van der Waals surface area (Å²) >= 11 is 0. The van der Waals surface area contributed by atoms with E-state index >= 15 is 0 Å². The fraction of sp³-hybridized carbons (Fsp3) is 0.571. The van der Waals surface area contributed by atoms with Crippen LogP contribution in [0.25, 0.3) is 0 Å². The van der Waals surface area contributed by atoms with Crippen LogP contribution in [0.3, 0.4) is 0 Å². The molecule has 0 saturated carbocycles. The monoisotopic (exact) mass is 194 g/mol. The molecule has 72 valence electrons. The quantitative estimate of drug-likeness (QED) is 0.411. The van der Waals surface area contributed by atoms with Crippen LogP contribution in [-0.2, 0) is 14.9 Å². The first-order chi connectivity index (χ1) is 5.33. The molecule has 4 nitrogen and oxygen atoms in total. The van der Waals surface area contributed by atoms with Crippen molar-refractivity contribution in [2.45, 2.75) is 13.8 Å². The van der Waals surface area contributed by atoms with E-state index < -0.39 is 10.1 Å². The molecule has 0 aliphatic heterocycles. The van der Waals surface area contributed by atoms with Gasteiger partial charge in [0, 0.05) is 0 Å². The lowest BCUT2D eigenvalue weighted by molar-refractivity contribution is -0.104. The van der Waals surface area contributed by atoms with E-state index in [1.165, 1.54) is 6.08 Å². The maximum Gasteiger partial charge on any atom is 0.265 e. The molecule has 12 heavy (non-hydrogen) atoms. The number of rotatable bonds is 3. The normalized spacial score (nSPS) is 10.0. The van der Waals surface area contributed by atoms with Crippen molar-refractivity contribution in [3.63, 3.8) is 0 Å². The molecule has 0 spiro atoms. The molecule has 0 aromatic rings. The molecule has 0 bridgehead atoms. The lowest BCUT2D eigenvalue weighted by atomic mass is 10.3. The number of carbonyl (C=O) groups excluding carboxylic acids is 1. The van der Waals surface area contributed by atoms with Crippen LogP contribution in [0.1, 0.15) is 13.8 Å². The molecule has 0 atom stereocenters. The minimum atomic E-state index is -3.72. The molecule has 0 fully saturated rings. The van der Waals surface area contributed by atoms with Gasteiger partial charge in [-0.25, -0.2) is 0 Å². The van der Waals surface area contributed by atoms with E-state index in [1.54, 1.807) is 13.8 Å². The second kappa shape index (κ2) is 7.00. The highest BCUT2D eigenvalue weighted by Gasteiger charge is 2.05. The van der Waals surface area contributed by atoms with Crippen LogP contribution >= 0.6 is 0 Å². The van der Waals surface area contributed by atoms with Gasteiger partial charge in [0.2, 0.25) is 0 Å². The Kier molecular flexibility index (Phi) is 8.09. The Bertz CT molecular complexity index is 210. The predicted octanol–water partition coefficient (Wildman–Crippen LogP) is 0.901. The number of hydrogen-bond donors (Lipinski definition) is 1. The van der Waals surface area contributed by atoms with Gasteiger partial charge in [0.05, 0.1) is 5.75 Å². The first kappa shape index (κ1) is 13.9. The van der Waals surface area contributed by atoms with Crippen molar-refractivity contribution in [1.82, 2.24) is 0 Å². The van der Waals surface area contributed by atoms with Gasteiger partial charge in [0.15, 0.2) is 0 Å². The molecule has 0 saturated heterocycles. The molecule has 0 unspecified atom stereocenters. The summed E-state index contributed by atoms with van der Waals surface area (Å²) in [6, 6.07) is 0. The highest BCUT2D eigenvalue weighted by Crippen LogP contribution is 1.95. The van der Waals surface area contributed by atoms with Gasteiger partial charge in [-0.3, -0.25) is 9.35 Å². The molecule has 0 radical (unpaired) electrons. The molecule has 0 aliphatic rings. The molecule has 0 rings (SSSR count). The molecular weight excluding hydrogens is 180 g/mol. The molecule has 0 heterocycles. The maximum absolute atomic E-state index is 10.00. The minimum absolute atomic E-state index is 0.00463. The van der Waals surface area contributed by atoms with Crippen molar-refractivity contribution < 1.29 is 17.8 Å². The second-order valence-corrected chi connectivity index (χ2v) is 4.01. The van der Waals surface area contributed by atoms with Crippen LogP contribution in [0.15, 0.2) is 12.7 Å². The Labute approximate surface area is 73.0 Å². The largest absolute Gasteiger partial charge is 0.299 e. The van der Waals surface area contributed by atoms with Gasteiger partial charge in [-0.15, -0.1) is 0 Å². The Hall–Kier alpha value is -0.680. The maximum atomic E-state index is 10.00. The zero-order valence-electron chi connectivity index (χ0n) is 7.23. The van der Waals surface area contributed by atoms with Gasteiger partial charge in [0.25, 0.3) is 10.1 Å². The summed E-state index contributed by atoms with van der Waals surface area (Å²) in [7, 11) is -3.72. The van der Waals surface area contributed by atoms with Crippen LogP contribution in [0.4, 0.5) is 0 Å². The van der Waals surface area contributed by atoms with Crippen LogP contribution < -0.4 is 0 Å². The standard InChI is InChI=1S/C4H10O3S.C3H4O/c1-4(2)3-8(5,6)7;1-2-3-4/h4H,3H2,1-2H3,(H,5,6,7);2-3H,1H2. The highest BCUT2D eigenvalue weighted by atomic mass is 32.2. The van der Waals surface area contributed by atoms with Gasteiger partial charge < -0.3 is 0 Å². The fourth-order valence-corrected chi connectivity index (χ4v) is 1.26. The molecular formula is C7H14O4S. The van der Waals surface area contributed by atoms with Gasteiger partial charge in [-0.1, -0.05) is 20.4 Å². The summed E-state index contributed by atoms with van der Waals surface area (Å²) < 4.78 is 28.2. The summed E-state index contributed by atoms with van der Waals surface area (Å²) in [5.74, 6) is -0.141. The van der Waals surface area contributed by atoms with Gasteiger partial charge in [-0.05, 0) is 12.0 Å². The van der Waals surface area contributed by atoms with E-state index in [9.17, 15) is 8.42 Å². The molecule has 0 aromatic heterocycles. The van der Waals surface area contributed by atoms with E-state index in [0.29, 0.717) is 6.29 Å². The van der Waals surface area contributed by atoms with E-state index in [2.05, 4.69) is 6.58 Å². The minimum Gasteiger partial charge on any atom is -0.299 e. The third-order valence-electron chi connectivity index (χ3n) is 0.640. The van der Waals surface area contributed by atoms with Crippen molar-refractivity contribution in [1.29, 1.82) is 0 Å². The third kappa shape index (κ3) is 22.8. The van der Waals surface area contributed by atoms with Crippen molar-refractivity contribution in [3.05, 3.63) is 12.7 Å². The zero-order chi connectivity index (χ0) is 10.2. The van der Waals surface area contributed by atoms with Crippen LogP contribution in [0.2, 0.25) is 0 Å². The topological polar surface area (TPSA) is 71.4 Å². The molecule has 5 heteroatoms. The first-order valence-electron chi connectivity index (χ1n) is 3.34. The summed E-state index contributed by atoms with van der Waals surface area (Å²) in [5.41, 5.74) is 0. The lowest BCUT2D eigenvalue weighted by Gasteiger charge is -1.97. The Balaban J connectivity index is 0. The van der Waals surface area contributed by atoms with Crippen molar-refractivity contribution in [2.24, 2.45) is 5.92 Å². The molecule has 1 N–H and O–H groups in total. The Morgan fingerprint density at radius 1 is 1.50 bits per heavy atom. The molecule has 0 aromatic carbocycles.